The second-order valence-electron chi connectivity index (χ2n) is 5.16. The smallest absolute Gasteiger partial charge is 0.252 e. The zero-order valence-electron chi connectivity index (χ0n) is 12.1. The van der Waals surface area contributed by atoms with Gasteiger partial charge in [-0.15, -0.1) is 0 Å². The van der Waals surface area contributed by atoms with E-state index < -0.39 is 0 Å². The fraction of sp³-hybridized carbons (Fsp3) is 0.333. The van der Waals surface area contributed by atoms with Gasteiger partial charge in [0.15, 0.2) is 0 Å². The molecule has 106 valence electrons. The maximum Gasteiger partial charge on any atom is 0.252 e. The highest BCUT2D eigenvalue weighted by atomic mass is 16.1. The summed E-state index contributed by atoms with van der Waals surface area (Å²) in [5.41, 5.74) is 7.51. The number of anilines is 2. The van der Waals surface area contributed by atoms with Crippen LogP contribution < -0.4 is 16.2 Å². The highest BCUT2D eigenvalue weighted by molar-refractivity contribution is 5.44. The number of rotatable bonds is 4. The van der Waals surface area contributed by atoms with Gasteiger partial charge < -0.3 is 15.6 Å². The molecule has 1 aromatic carbocycles. The van der Waals surface area contributed by atoms with E-state index in [0.717, 1.165) is 11.3 Å². The van der Waals surface area contributed by atoms with Crippen LogP contribution in [-0.2, 0) is 6.54 Å². The number of hydrogen-bond acceptors (Lipinski definition) is 4. The van der Waals surface area contributed by atoms with Crippen molar-refractivity contribution >= 4 is 11.5 Å². The lowest BCUT2D eigenvalue weighted by Gasteiger charge is -2.28. The predicted octanol–water partition coefficient (Wildman–Crippen LogP) is 2.08. The number of aromatic amines is 1. The first-order valence-electron chi connectivity index (χ1n) is 6.65. The van der Waals surface area contributed by atoms with Crippen LogP contribution in [0.1, 0.15) is 25.2 Å². The third-order valence-electron chi connectivity index (χ3n) is 3.07. The molecule has 0 spiro atoms. The van der Waals surface area contributed by atoms with Crippen LogP contribution in [0.25, 0.3) is 0 Å². The van der Waals surface area contributed by atoms with Gasteiger partial charge >= 0.3 is 0 Å². The molecule has 0 atom stereocenters. The van der Waals surface area contributed by atoms with Crippen LogP contribution in [0.2, 0.25) is 0 Å². The van der Waals surface area contributed by atoms with Crippen LogP contribution in [-0.4, -0.2) is 16.0 Å². The molecular formula is C15H20N4O. The number of aromatic nitrogens is 2. The zero-order valence-corrected chi connectivity index (χ0v) is 12.1. The van der Waals surface area contributed by atoms with Gasteiger partial charge in [0, 0.05) is 24.3 Å². The van der Waals surface area contributed by atoms with E-state index in [0.29, 0.717) is 18.2 Å². The number of hydrogen-bond donors (Lipinski definition) is 2. The second kappa shape index (κ2) is 5.77. The third kappa shape index (κ3) is 3.38. The molecule has 2 rings (SSSR count). The minimum absolute atomic E-state index is 0.134. The number of benzene rings is 1. The van der Waals surface area contributed by atoms with Crippen LogP contribution in [0, 0.1) is 6.92 Å². The Morgan fingerprint density at radius 3 is 2.70 bits per heavy atom. The van der Waals surface area contributed by atoms with E-state index in [1.807, 2.05) is 24.3 Å². The molecule has 2 aromatic rings. The number of nitrogen functional groups attached to an aromatic ring is 1. The van der Waals surface area contributed by atoms with E-state index in [4.69, 9.17) is 5.73 Å². The van der Waals surface area contributed by atoms with Crippen molar-refractivity contribution in [3.8, 4) is 0 Å². The molecule has 0 fully saturated rings. The van der Waals surface area contributed by atoms with Gasteiger partial charge in [0.1, 0.15) is 11.6 Å². The Bertz CT molecular complexity index is 648. The summed E-state index contributed by atoms with van der Waals surface area (Å²) < 4.78 is 0. The average molecular weight is 272 g/mol. The number of aryl methyl sites for hydroxylation is 1. The van der Waals surface area contributed by atoms with Gasteiger partial charge in [-0.1, -0.05) is 12.1 Å². The van der Waals surface area contributed by atoms with E-state index in [1.54, 1.807) is 6.92 Å². The Balaban J connectivity index is 2.34. The van der Waals surface area contributed by atoms with Gasteiger partial charge in [-0.2, -0.15) is 0 Å². The van der Waals surface area contributed by atoms with Gasteiger partial charge in [0.05, 0.1) is 0 Å². The van der Waals surface area contributed by atoms with E-state index in [9.17, 15) is 4.79 Å². The molecule has 5 nitrogen and oxygen atoms in total. The number of nitrogens with one attached hydrogen (secondary N) is 1. The molecule has 0 saturated heterocycles. The van der Waals surface area contributed by atoms with Crippen LogP contribution in [0.5, 0.6) is 0 Å². The lowest BCUT2D eigenvalue weighted by molar-refractivity contribution is 0.668. The quantitative estimate of drug-likeness (QED) is 0.836. The predicted molar refractivity (Wildman–Crippen MR) is 81.8 cm³/mol. The molecule has 0 unspecified atom stereocenters. The first-order valence-corrected chi connectivity index (χ1v) is 6.65. The summed E-state index contributed by atoms with van der Waals surface area (Å²) in [4.78, 5) is 20.8. The molecule has 0 aliphatic heterocycles. The molecule has 0 amide bonds. The van der Waals surface area contributed by atoms with Crippen LogP contribution in [0.15, 0.2) is 35.1 Å². The fourth-order valence-electron chi connectivity index (χ4n) is 2.13. The maximum atomic E-state index is 11.6. The molecule has 1 heterocycles. The monoisotopic (exact) mass is 272 g/mol. The van der Waals surface area contributed by atoms with Crippen molar-refractivity contribution in [2.45, 2.75) is 33.4 Å². The van der Waals surface area contributed by atoms with Crippen molar-refractivity contribution in [2.24, 2.45) is 0 Å². The highest BCUT2D eigenvalue weighted by Crippen LogP contribution is 2.17. The van der Waals surface area contributed by atoms with Gasteiger partial charge in [-0.25, -0.2) is 4.98 Å². The standard InChI is InChI=1S/C15H20N4O/c1-10(2)19(9-12-5-4-6-13(16)7-12)14-8-15(20)18-11(3)17-14/h4-8,10H,9,16H2,1-3H3,(H,17,18,20). The normalized spacial score (nSPS) is 10.8. The molecule has 5 heteroatoms. The first kappa shape index (κ1) is 14.1. The highest BCUT2D eigenvalue weighted by Gasteiger charge is 2.14. The molecule has 20 heavy (non-hydrogen) atoms. The Morgan fingerprint density at radius 2 is 2.10 bits per heavy atom. The fourth-order valence-corrected chi connectivity index (χ4v) is 2.13. The minimum Gasteiger partial charge on any atom is -0.399 e. The lowest BCUT2D eigenvalue weighted by atomic mass is 10.1. The van der Waals surface area contributed by atoms with Crippen molar-refractivity contribution in [1.29, 1.82) is 0 Å². The third-order valence-corrected chi connectivity index (χ3v) is 3.07. The molecule has 0 bridgehead atoms. The Kier molecular flexibility index (Phi) is 4.08. The summed E-state index contributed by atoms with van der Waals surface area (Å²) in [7, 11) is 0. The Morgan fingerprint density at radius 1 is 1.35 bits per heavy atom. The van der Waals surface area contributed by atoms with Crippen molar-refractivity contribution in [3.63, 3.8) is 0 Å². The van der Waals surface area contributed by atoms with Crippen LogP contribution in [0.4, 0.5) is 11.5 Å². The molecule has 0 aliphatic carbocycles. The number of H-pyrrole nitrogens is 1. The van der Waals surface area contributed by atoms with Crippen LogP contribution >= 0.6 is 0 Å². The maximum absolute atomic E-state index is 11.6. The van der Waals surface area contributed by atoms with Gasteiger partial charge in [-0.3, -0.25) is 4.79 Å². The zero-order chi connectivity index (χ0) is 14.7. The van der Waals surface area contributed by atoms with Crippen LogP contribution in [0.3, 0.4) is 0 Å². The Hall–Kier alpha value is -2.30. The van der Waals surface area contributed by atoms with E-state index >= 15 is 0 Å². The lowest BCUT2D eigenvalue weighted by Crippen LogP contribution is -2.32. The summed E-state index contributed by atoms with van der Waals surface area (Å²) in [6.07, 6.45) is 0. The van der Waals surface area contributed by atoms with E-state index in [1.165, 1.54) is 6.07 Å². The second-order valence-corrected chi connectivity index (χ2v) is 5.16. The number of nitrogens with zero attached hydrogens (tertiary/aromatic N) is 2. The topological polar surface area (TPSA) is 75.0 Å². The summed E-state index contributed by atoms with van der Waals surface area (Å²) in [5.74, 6) is 1.30. The summed E-state index contributed by atoms with van der Waals surface area (Å²) >= 11 is 0. The molecule has 3 N–H and O–H groups in total. The van der Waals surface area contributed by atoms with Crippen molar-refractivity contribution in [2.75, 3.05) is 10.6 Å². The summed E-state index contributed by atoms with van der Waals surface area (Å²) in [6, 6.07) is 9.50. The molecule has 1 aromatic heterocycles. The van der Waals surface area contributed by atoms with Crippen molar-refractivity contribution in [3.05, 3.63) is 52.1 Å². The van der Waals surface area contributed by atoms with Crippen molar-refractivity contribution in [1.82, 2.24) is 9.97 Å². The van der Waals surface area contributed by atoms with E-state index in [-0.39, 0.29) is 11.6 Å². The molecule has 0 saturated carbocycles. The number of nitrogens with two attached hydrogens (primary N) is 1. The average Bonchev–Trinajstić information content (AvgIpc) is 2.34. The SMILES string of the molecule is Cc1nc(N(Cc2cccc(N)c2)C(C)C)cc(=O)[nH]1. The summed E-state index contributed by atoms with van der Waals surface area (Å²) in [6.45, 7) is 6.59. The molecule has 0 radical (unpaired) electrons. The van der Waals surface area contributed by atoms with Crippen molar-refractivity contribution < 1.29 is 0 Å². The summed E-state index contributed by atoms with van der Waals surface area (Å²) in [5, 5.41) is 0. The first-order chi connectivity index (χ1) is 9.45. The van der Waals surface area contributed by atoms with Gasteiger partial charge in [0.25, 0.3) is 5.56 Å². The minimum atomic E-state index is -0.134. The largest absolute Gasteiger partial charge is 0.399 e. The van der Waals surface area contributed by atoms with Gasteiger partial charge in [-0.05, 0) is 38.5 Å². The van der Waals surface area contributed by atoms with E-state index in [2.05, 4.69) is 28.7 Å². The Labute approximate surface area is 118 Å². The molecular weight excluding hydrogens is 252 g/mol. The molecule has 0 aliphatic rings. The van der Waals surface area contributed by atoms with Gasteiger partial charge in [0.2, 0.25) is 0 Å².